The van der Waals surface area contributed by atoms with E-state index in [1.165, 1.54) is 0 Å². The minimum absolute atomic E-state index is 0.0178. The van der Waals surface area contributed by atoms with E-state index in [1.807, 2.05) is 0 Å². The molecule has 87 heavy (non-hydrogen) atoms. The summed E-state index contributed by atoms with van der Waals surface area (Å²) < 4.78 is 49.9. The van der Waals surface area contributed by atoms with Crippen LogP contribution in [-0.2, 0) is 120 Å². The van der Waals surface area contributed by atoms with Crippen LogP contribution in [0.15, 0.2) is 55.6 Å². The summed E-state index contributed by atoms with van der Waals surface area (Å²) in [4.78, 5) is 249. The summed E-state index contributed by atoms with van der Waals surface area (Å²) >= 11 is 0. The molecule has 7 aliphatic heterocycles. The van der Waals surface area contributed by atoms with Crippen molar-refractivity contribution in [3.05, 3.63) is 61.2 Å². The number of hydrogen-bond donors (Lipinski definition) is 0. The van der Waals surface area contributed by atoms with Crippen molar-refractivity contribution in [2.75, 3.05) is 0 Å². The standard InChI is InChI=1S/C11H9NO4.C9H11F2NO4.C9H8N2O7.C7H5F2NO4.C7H7NO4.C6H7NO4/c13-9-6-7-10(14)12(9)16-11(15)8-4-2-1-3-5-8;1-9(10,11)5-4-8(15)16-12-6(13)2-3-7(12)14;12-5-1-2-6(13)10(5)17-9(16)18-11-7(14)3-4-8(11)15;1-2-3(11)14-10-6(12)4(8)5(9)7(10)13;1-2-7(11)12-8-5(9)3-4-6(8)10;1-4(8)11-7-5(9)2-3-6(7)10/h1-5H,6-7H2;2-5H2,1H3;1-4H2;2,4-5H,1H2;2H,1,3-4H2;2-3H2,1H3. The Morgan fingerprint density at radius 3 is 1.02 bits per heavy atom. The first-order valence-corrected chi connectivity index (χ1v) is 24.6. The number of halogens is 4. The van der Waals surface area contributed by atoms with Crippen LogP contribution in [0.2, 0.25) is 0 Å². The smallest absolute Gasteiger partial charge is 0.331 e. The molecule has 34 nitrogen and oxygen atoms in total. The fourth-order valence-corrected chi connectivity index (χ4v) is 6.35. The Morgan fingerprint density at radius 2 is 0.724 bits per heavy atom. The van der Waals surface area contributed by atoms with Crippen LogP contribution in [0.4, 0.5) is 22.4 Å². The molecule has 1 aromatic carbocycles. The molecule has 0 aliphatic carbocycles. The molecule has 7 saturated heterocycles. The van der Waals surface area contributed by atoms with Gasteiger partial charge in [-0.1, -0.05) is 46.5 Å². The quantitative estimate of drug-likeness (QED) is 0.145. The second-order valence-corrected chi connectivity index (χ2v) is 17.3. The molecule has 0 spiro atoms. The predicted octanol–water partition coefficient (Wildman–Crippen LogP) is 0.273. The van der Waals surface area contributed by atoms with Crippen LogP contribution in [0, 0.1) is 0 Å². The summed E-state index contributed by atoms with van der Waals surface area (Å²) in [7, 11) is 0. The molecule has 1 aromatic rings. The van der Waals surface area contributed by atoms with Gasteiger partial charge in [-0.15, -0.1) is 20.3 Å². The van der Waals surface area contributed by atoms with Gasteiger partial charge < -0.3 is 24.2 Å². The molecule has 0 radical (unpaired) electrons. The third kappa shape index (κ3) is 21.3. The topological polar surface area (TPSA) is 429 Å². The summed E-state index contributed by atoms with van der Waals surface area (Å²) in [5.41, 5.74) is 0.301. The first-order chi connectivity index (χ1) is 40.7. The minimum atomic E-state index is -2.97. The maximum atomic E-state index is 12.6. The lowest BCUT2D eigenvalue weighted by molar-refractivity contribution is -0.198. The van der Waals surface area contributed by atoms with E-state index >= 15 is 0 Å². The largest absolute Gasteiger partial charge is 0.560 e. The summed E-state index contributed by atoms with van der Waals surface area (Å²) in [6, 6.07) is 8.19. The highest BCUT2D eigenvalue weighted by molar-refractivity contribution is 6.08. The van der Waals surface area contributed by atoms with Crippen molar-refractivity contribution < 1.29 is 147 Å². The van der Waals surface area contributed by atoms with Crippen molar-refractivity contribution >= 4 is 119 Å². The van der Waals surface area contributed by atoms with Gasteiger partial charge in [-0.3, -0.25) is 76.8 Å². The van der Waals surface area contributed by atoms with Crippen LogP contribution < -0.4 is 0 Å². The maximum Gasteiger partial charge on any atom is 0.560 e. The molecule has 8 rings (SSSR count). The van der Waals surface area contributed by atoms with E-state index in [4.69, 9.17) is 4.84 Å². The summed E-state index contributed by atoms with van der Waals surface area (Å²) in [5.74, 6) is -17.2. The van der Waals surface area contributed by atoms with Crippen LogP contribution in [-0.4, -0.2) is 172 Å². The van der Waals surface area contributed by atoms with Crippen molar-refractivity contribution in [3.63, 3.8) is 0 Å². The number of alkyl halides is 4. The number of carbonyl (C=O) groups is 20. The van der Waals surface area contributed by atoms with E-state index in [2.05, 4.69) is 42.2 Å². The van der Waals surface area contributed by atoms with Crippen LogP contribution in [0.25, 0.3) is 0 Å². The number of hydrogen-bond acceptors (Lipinski definition) is 27. The number of hydroxylamine groups is 14. The second kappa shape index (κ2) is 32.2. The number of imide groups is 7. The average Bonchev–Trinajstić information content (AvgIpc) is 2.50. The van der Waals surface area contributed by atoms with Crippen molar-refractivity contribution in [2.45, 2.75) is 122 Å². The lowest BCUT2D eigenvalue weighted by Gasteiger charge is -2.15. The molecule has 0 N–H and O–H groups in total. The molecule has 468 valence electrons. The van der Waals surface area contributed by atoms with Gasteiger partial charge in [-0.05, 0) is 19.1 Å². The van der Waals surface area contributed by atoms with Gasteiger partial charge in [0.05, 0.1) is 12.0 Å². The Hall–Kier alpha value is -11.0. The third-order valence-corrected chi connectivity index (χ3v) is 10.6. The van der Waals surface area contributed by atoms with E-state index in [0.717, 1.165) is 13.0 Å². The summed E-state index contributed by atoms with van der Waals surface area (Å²) in [5, 5.41) is 2.15. The predicted molar refractivity (Wildman–Crippen MR) is 258 cm³/mol. The normalized spacial score (nSPS) is 18.8. The van der Waals surface area contributed by atoms with Gasteiger partial charge in [0.1, 0.15) is 0 Å². The first-order valence-electron chi connectivity index (χ1n) is 24.6. The minimum Gasteiger partial charge on any atom is -0.331 e. The fraction of sp³-hybridized carbons (Fsp3) is 0.388. The van der Waals surface area contributed by atoms with Gasteiger partial charge in [0.25, 0.3) is 70.9 Å². The van der Waals surface area contributed by atoms with Crippen molar-refractivity contribution in [1.29, 1.82) is 0 Å². The Labute approximate surface area is 483 Å². The Balaban J connectivity index is 0.000000275. The van der Waals surface area contributed by atoms with Crippen LogP contribution in [0.5, 0.6) is 0 Å². The molecule has 14 amide bonds. The average molecular weight is 1240 g/mol. The van der Waals surface area contributed by atoms with E-state index in [1.54, 1.807) is 30.3 Å². The molecular formula is C49H47F4N7O27. The molecular weight excluding hydrogens is 1190 g/mol. The van der Waals surface area contributed by atoms with Gasteiger partial charge in [-0.2, -0.15) is 4.79 Å². The van der Waals surface area contributed by atoms with E-state index in [-0.39, 0.29) is 92.2 Å². The lowest BCUT2D eigenvalue weighted by Crippen LogP contribution is -2.37. The highest BCUT2D eigenvalue weighted by Gasteiger charge is 2.51. The molecule has 0 saturated carbocycles. The molecule has 7 aliphatic rings. The lowest BCUT2D eigenvalue weighted by atomic mass is 10.2. The van der Waals surface area contributed by atoms with E-state index in [0.29, 0.717) is 38.8 Å². The van der Waals surface area contributed by atoms with Crippen molar-refractivity contribution in [1.82, 2.24) is 35.4 Å². The second-order valence-electron chi connectivity index (χ2n) is 17.3. The zero-order valence-electron chi connectivity index (χ0n) is 45.2. The van der Waals surface area contributed by atoms with Crippen LogP contribution in [0.3, 0.4) is 0 Å². The van der Waals surface area contributed by atoms with Crippen LogP contribution >= 0.6 is 0 Å². The summed E-state index contributed by atoms with van der Waals surface area (Å²) in [6.07, 6.45) is -6.01. The van der Waals surface area contributed by atoms with Gasteiger partial charge in [0.15, 0.2) is 0 Å². The van der Waals surface area contributed by atoms with Gasteiger partial charge in [0.2, 0.25) is 18.3 Å². The maximum absolute atomic E-state index is 12.6. The van der Waals surface area contributed by atoms with E-state index in [9.17, 15) is 113 Å². The number of rotatable bonds is 13. The number of nitrogens with zero attached hydrogens (tertiary/aromatic N) is 7. The zero-order chi connectivity index (χ0) is 65.6. The molecule has 7 fully saturated rings. The Morgan fingerprint density at radius 1 is 0.448 bits per heavy atom. The van der Waals surface area contributed by atoms with Crippen LogP contribution in [0.1, 0.15) is 114 Å². The highest BCUT2D eigenvalue weighted by atomic mass is 19.3. The molecule has 2 atom stereocenters. The molecule has 7 heterocycles. The molecule has 2 unspecified atom stereocenters. The number of amides is 14. The fourth-order valence-electron chi connectivity index (χ4n) is 6.35. The van der Waals surface area contributed by atoms with Crippen molar-refractivity contribution in [2.24, 2.45) is 0 Å². The van der Waals surface area contributed by atoms with Gasteiger partial charge >= 0.3 is 47.8 Å². The van der Waals surface area contributed by atoms with E-state index < -0.39 is 150 Å². The highest BCUT2D eigenvalue weighted by Crippen LogP contribution is 2.23. The first kappa shape index (κ1) is 70.3. The molecule has 0 aromatic heterocycles. The molecule has 38 heteroatoms. The number of carbonyl (C=O) groups excluding carboxylic acids is 20. The number of benzene rings is 1. The third-order valence-electron chi connectivity index (χ3n) is 10.6. The van der Waals surface area contributed by atoms with Gasteiger partial charge in [0, 0.05) is 103 Å². The monoisotopic (exact) mass is 1240 g/mol. The summed E-state index contributed by atoms with van der Waals surface area (Å²) in [6.45, 7) is 7.92. The van der Waals surface area contributed by atoms with Crippen molar-refractivity contribution in [3.8, 4) is 0 Å². The zero-order valence-corrected chi connectivity index (χ0v) is 45.2. The Kier molecular flexibility index (Phi) is 26.0. The Bertz CT molecular complexity index is 2890. The van der Waals surface area contributed by atoms with Gasteiger partial charge in [-0.25, -0.2) is 41.5 Å². The SMILES string of the molecule is C=CC(=O)ON1C(=O)C(F)C(F)C1=O.C=CC(=O)ON1C(=O)CCC1=O.CC(=O)ON1C(=O)CCC1=O.CC(F)(F)CCC(=O)ON1C(=O)CCC1=O.O=C(ON1C(=O)CCC1=O)ON1C(=O)CCC1=O.O=C(ON1C(=O)CCC1=O)c1ccccc1. The molecule has 0 bridgehead atoms.